The van der Waals surface area contributed by atoms with Gasteiger partial charge in [-0.3, -0.25) is 4.72 Å². The number of para-hydroxylation sites is 1. The number of hydrogen-bond acceptors (Lipinski definition) is 3. The Morgan fingerprint density at radius 1 is 1.27 bits per heavy atom. The molecule has 26 heavy (non-hydrogen) atoms. The summed E-state index contributed by atoms with van der Waals surface area (Å²) in [7, 11) is 2.07. The Morgan fingerprint density at radius 3 is 2.81 bits per heavy atom. The van der Waals surface area contributed by atoms with Crippen LogP contribution >= 0.6 is 35.1 Å². The van der Waals surface area contributed by atoms with Crippen LogP contribution in [-0.2, 0) is 6.54 Å². The molecule has 1 aliphatic heterocycles. The van der Waals surface area contributed by atoms with Crippen molar-refractivity contribution < 1.29 is 4.79 Å². The summed E-state index contributed by atoms with van der Waals surface area (Å²) in [5, 5.41) is 4.28. The van der Waals surface area contributed by atoms with Crippen LogP contribution in [0.4, 0.5) is 10.5 Å². The summed E-state index contributed by atoms with van der Waals surface area (Å²) in [4.78, 5) is 14.4. The molecule has 0 fully saturated rings. The van der Waals surface area contributed by atoms with Gasteiger partial charge in [-0.05, 0) is 53.9 Å². The highest BCUT2D eigenvalue weighted by atomic mass is 35.5. The molecule has 0 saturated heterocycles. The number of carbonyl (C=O) groups is 1. The molecule has 138 valence electrons. The Morgan fingerprint density at radius 2 is 2.04 bits per heavy atom. The fourth-order valence-electron chi connectivity index (χ4n) is 3.31. The molecule has 0 spiro atoms. The zero-order chi connectivity index (χ0) is 18.7. The lowest BCUT2D eigenvalue weighted by molar-refractivity contribution is 0.257. The number of carbonyl (C=O) groups excluding carboxylic acids is 1. The van der Waals surface area contributed by atoms with E-state index in [4.69, 9.17) is 23.2 Å². The minimum atomic E-state index is -0.224. The predicted octanol–water partition coefficient (Wildman–Crippen LogP) is 5.36. The minimum Gasteiger partial charge on any atom is -0.307 e. The lowest BCUT2D eigenvalue weighted by Crippen LogP contribution is -2.32. The number of hydrogen-bond donors (Lipinski definition) is 2. The molecule has 2 aromatic carbocycles. The zero-order valence-electron chi connectivity index (χ0n) is 14.7. The number of amides is 2. The van der Waals surface area contributed by atoms with Gasteiger partial charge < -0.3 is 10.2 Å². The van der Waals surface area contributed by atoms with Crippen molar-refractivity contribution >= 4 is 46.9 Å². The summed E-state index contributed by atoms with van der Waals surface area (Å²) >= 11 is 14.1. The van der Waals surface area contributed by atoms with Crippen LogP contribution < -0.4 is 10.0 Å². The van der Waals surface area contributed by atoms with Crippen LogP contribution in [-0.4, -0.2) is 30.3 Å². The number of nitrogens with one attached hydrogen (secondary N) is 2. The number of rotatable bonds is 4. The third kappa shape index (κ3) is 4.29. The third-order valence-corrected chi connectivity index (χ3v) is 5.56. The van der Waals surface area contributed by atoms with Crippen LogP contribution in [0.25, 0.3) is 0 Å². The standard InChI is InChI=1S/C19H21Cl2N3OS/c1-3-26-23-19(25)22-18-7-5-4-6-13(18)15-10-24(2)11-16-14(15)8-12(20)9-17(16)21/h4-9,15H,3,10-11H2,1-2H3,(H2,22,23,25). The van der Waals surface area contributed by atoms with Gasteiger partial charge in [-0.15, -0.1) is 0 Å². The van der Waals surface area contributed by atoms with E-state index in [1.54, 1.807) is 6.07 Å². The second-order valence-electron chi connectivity index (χ2n) is 6.28. The number of fused-ring (bicyclic) bond motifs is 1. The van der Waals surface area contributed by atoms with Crippen LogP contribution in [0.2, 0.25) is 10.0 Å². The summed E-state index contributed by atoms with van der Waals surface area (Å²) in [6, 6.07) is 11.4. The van der Waals surface area contributed by atoms with Gasteiger partial charge in [0.15, 0.2) is 0 Å². The van der Waals surface area contributed by atoms with Crippen molar-refractivity contribution in [1.29, 1.82) is 0 Å². The van der Waals surface area contributed by atoms with E-state index in [9.17, 15) is 4.79 Å². The predicted molar refractivity (Wildman–Crippen MR) is 111 cm³/mol. The van der Waals surface area contributed by atoms with Crippen molar-refractivity contribution in [3.8, 4) is 0 Å². The summed E-state index contributed by atoms with van der Waals surface area (Å²) in [6.45, 7) is 3.60. The first-order valence-corrected chi connectivity index (χ1v) is 10.2. The van der Waals surface area contributed by atoms with Crippen molar-refractivity contribution in [2.24, 2.45) is 0 Å². The highest BCUT2D eigenvalue weighted by Gasteiger charge is 2.28. The van der Waals surface area contributed by atoms with Crippen LogP contribution in [0.15, 0.2) is 36.4 Å². The average Bonchev–Trinajstić information content (AvgIpc) is 2.60. The van der Waals surface area contributed by atoms with E-state index in [-0.39, 0.29) is 11.9 Å². The maximum Gasteiger partial charge on any atom is 0.329 e. The van der Waals surface area contributed by atoms with Gasteiger partial charge in [0.25, 0.3) is 0 Å². The van der Waals surface area contributed by atoms with Gasteiger partial charge in [-0.25, -0.2) is 4.79 Å². The number of benzene rings is 2. The molecular weight excluding hydrogens is 389 g/mol. The lowest BCUT2D eigenvalue weighted by Gasteiger charge is -2.34. The molecule has 1 aliphatic rings. The van der Waals surface area contributed by atoms with E-state index in [1.807, 2.05) is 37.3 Å². The number of likely N-dealkylation sites (N-methyl/N-ethyl adjacent to an activating group) is 1. The van der Waals surface area contributed by atoms with Gasteiger partial charge in [0.05, 0.1) is 0 Å². The molecule has 2 aromatic rings. The third-order valence-electron chi connectivity index (χ3n) is 4.39. The fourth-order valence-corrected chi connectivity index (χ4v) is 4.21. The normalized spacial score (nSPS) is 16.8. The highest BCUT2D eigenvalue weighted by Crippen LogP contribution is 2.40. The van der Waals surface area contributed by atoms with E-state index in [0.717, 1.165) is 41.2 Å². The van der Waals surface area contributed by atoms with Gasteiger partial charge in [0.2, 0.25) is 0 Å². The molecule has 3 rings (SSSR count). The lowest BCUT2D eigenvalue weighted by atomic mass is 9.84. The minimum absolute atomic E-state index is 0.0790. The first-order chi connectivity index (χ1) is 12.5. The van der Waals surface area contributed by atoms with Gasteiger partial charge in [0.1, 0.15) is 0 Å². The zero-order valence-corrected chi connectivity index (χ0v) is 17.0. The van der Waals surface area contributed by atoms with Gasteiger partial charge >= 0.3 is 6.03 Å². The second kappa shape index (κ2) is 8.53. The van der Waals surface area contributed by atoms with Gasteiger partial charge in [-0.1, -0.05) is 48.3 Å². The van der Waals surface area contributed by atoms with E-state index in [1.165, 1.54) is 11.9 Å². The van der Waals surface area contributed by atoms with E-state index >= 15 is 0 Å². The van der Waals surface area contributed by atoms with Crippen molar-refractivity contribution in [3.05, 3.63) is 63.1 Å². The van der Waals surface area contributed by atoms with E-state index in [0.29, 0.717) is 10.0 Å². The van der Waals surface area contributed by atoms with Crippen molar-refractivity contribution in [2.45, 2.75) is 19.4 Å². The Balaban J connectivity index is 1.99. The fraction of sp³-hybridized carbons (Fsp3) is 0.316. The largest absolute Gasteiger partial charge is 0.329 e. The van der Waals surface area contributed by atoms with Crippen molar-refractivity contribution in [3.63, 3.8) is 0 Å². The van der Waals surface area contributed by atoms with Crippen molar-refractivity contribution in [1.82, 2.24) is 9.62 Å². The first kappa shape index (κ1) is 19.4. The number of halogens is 2. The number of nitrogens with zero attached hydrogens (tertiary/aromatic N) is 1. The Labute approximate surface area is 168 Å². The van der Waals surface area contributed by atoms with E-state index < -0.39 is 0 Å². The molecule has 1 atom stereocenters. The van der Waals surface area contributed by atoms with E-state index in [2.05, 4.69) is 22.0 Å². The summed E-state index contributed by atoms with van der Waals surface area (Å²) in [5.41, 5.74) is 4.06. The molecular formula is C19H21Cl2N3OS. The molecule has 7 heteroatoms. The molecule has 1 heterocycles. The Hall–Kier alpha value is -1.40. The highest BCUT2D eigenvalue weighted by molar-refractivity contribution is 7.97. The SMILES string of the molecule is CCSNC(=O)Nc1ccccc1C1CN(C)Cc2c(Cl)cc(Cl)cc21. The molecule has 2 amide bonds. The first-order valence-electron chi connectivity index (χ1n) is 8.43. The van der Waals surface area contributed by atoms with Crippen LogP contribution in [0.3, 0.4) is 0 Å². The maximum atomic E-state index is 12.1. The molecule has 2 N–H and O–H groups in total. The molecule has 0 saturated carbocycles. The topological polar surface area (TPSA) is 44.4 Å². The van der Waals surface area contributed by atoms with Crippen molar-refractivity contribution in [2.75, 3.05) is 24.7 Å². The molecule has 0 bridgehead atoms. The van der Waals surface area contributed by atoms with Crippen LogP contribution in [0.1, 0.15) is 29.5 Å². The number of urea groups is 1. The second-order valence-corrected chi connectivity index (χ2v) is 8.19. The van der Waals surface area contributed by atoms with Crippen LogP contribution in [0.5, 0.6) is 0 Å². The molecule has 4 nitrogen and oxygen atoms in total. The summed E-state index contributed by atoms with van der Waals surface area (Å²) < 4.78 is 2.77. The van der Waals surface area contributed by atoms with Crippen LogP contribution in [0, 0.1) is 0 Å². The Kier molecular flexibility index (Phi) is 6.35. The monoisotopic (exact) mass is 409 g/mol. The quantitative estimate of drug-likeness (QED) is 0.667. The number of anilines is 1. The summed E-state index contributed by atoms with van der Waals surface area (Å²) in [5.74, 6) is 0.891. The van der Waals surface area contributed by atoms with Gasteiger partial charge in [-0.2, -0.15) is 0 Å². The molecule has 1 unspecified atom stereocenters. The molecule has 0 radical (unpaired) electrons. The smallest absolute Gasteiger partial charge is 0.307 e. The van der Waals surface area contributed by atoms with Gasteiger partial charge in [0, 0.05) is 40.5 Å². The Bertz CT molecular complexity index is 815. The maximum absolute atomic E-state index is 12.1. The molecule has 0 aliphatic carbocycles. The summed E-state index contributed by atoms with van der Waals surface area (Å²) in [6.07, 6.45) is 0. The average molecular weight is 410 g/mol. The molecule has 0 aromatic heterocycles.